The molecular formula is C11H14Br2O2. The molecule has 15 heavy (non-hydrogen) atoms. The topological polar surface area (TPSA) is 40.5 Å². The van der Waals surface area contributed by atoms with Crippen LogP contribution in [0.25, 0.3) is 0 Å². The van der Waals surface area contributed by atoms with Gasteiger partial charge in [0.05, 0.1) is 8.95 Å². The third kappa shape index (κ3) is 3.11. The predicted molar refractivity (Wildman–Crippen MR) is 68.4 cm³/mol. The standard InChI is InChI=1S/C11H14Br2O2/c1-2-3-4-5-7-10(12)8(14)6-9(15)11(7)13/h6,14-15H,2-5H2,1H3. The summed E-state index contributed by atoms with van der Waals surface area (Å²) >= 11 is 6.65. The second kappa shape index (κ2) is 5.75. The summed E-state index contributed by atoms with van der Waals surface area (Å²) in [6, 6.07) is 1.33. The highest BCUT2D eigenvalue weighted by molar-refractivity contribution is 9.11. The lowest BCUT2D eigenvalue weighted by atomic mass is 10.1. The molecule has 1 aromatic carbocycles. The van der Waals surface area contributed by atoms with Gasteiger partial charge in [0.1, 0.15) is 11.5 Å². The van der Waals surface area contributed by atoms with Crippen molar-refractivity contribution in [3.05, 3.63) is 20.6 Å². The largest absolute Gasteiger partial charge is 0.507 e. The van der Waals surface area contributed by atoms with Crippen LogP contribution in [0.3, 0.4) is 0 Å². The Labute approximate surface area is 107 Å². The maximum absolute atomic E-state index is 9.53. The first kappa shape index (κ1) is 12.8. The molecule has 0 saturated carbocycles. The van der Waals surface area contributed by atoms with Crippen LogP contribution >= 0.6 is 31.9 Å². The number of rotatable bonds is 4. The molecule has 0 unspecified atom stereocenters. The summed E-state index contributed by atoms with van der Waals surface area (Å²) in [7, 11) is 0. The molecule has 0 saturated heterocycles. The van der Waals surface area contributed by atoms with E-state index in [1.54, 1.807) is 0 Å². The van der Waals surface area contributed by atoms with E-state index in [-0.39, 0.29) is 11.5 Å². The fourth-order valence-corrected chi connectivity index (χ4v) is 2.72. The van der Waals surface area contributed by atoms with Gasteiger partial charge >= 0.3 is 0 Å². The molecule has 2 nitrogen and oxygen atoms in total. The summed E-state index contributed by atoms with van der Waals surface area (Å²) in [6.07, 6.45) is 4.20. The van der Waals surface area contributed by atoms with Gasteiger partial charge in [-0.3, -0.25) is 0 Å². The molecule has 1 rings (SSSR count). The monoisotopic (exact) mass is 336 g/mol. The van der Waals surface area contributed by atoms with Crippen molar-refractivity contribution < 1.29 is 10.2 Å². The number of hydrogen-bond donors (Lipinski definition) is 2. The van der Waals surface area contributed by atoms with Crippen molar-refractivity contribution >= 4 is 31.9 Å². The molecule has 2 N–H and O–H groups in total. The number of phenolic OH excluding ortho intramolecular Hbond substituents is 2. The molecule has 84 valence electrons. The Hall–Kier alpha value is -0.220. The van der Waals surface area contributed by atoms with Gasteiger partial charge in [0.25, 0.3) is 0 Å². The van der Waals surface area contributed by atoms with Crippen molar-refractivity contribution in [3.8, 4) is 11.5 Å². The van der Waals surface area contributed by atoms with Gasteiger partial charge in [-0.15, -0.1) is 0 Å². The Morgan fingerprint density at radius 3 is 2.07 bits per heavy atom. The van der Waals surface area contributed by atoms with Gasteiger partial charge < -0.3 is 10.2 Å². The Balaban J connectivity index is 2.94. The van der Waals surface area contributed by atoms with Crippen molar-refractivity contribution in [1.29, 1.82) is 0 Å². The molecule has 0 aromatic heterocycles. The fourth-order valence-electron chi connectivity index (χ4n) is 1.43. The zero-order valence-corrected chi connectivity index (χ0v) is 11.7. The van der Waals surface area contributed by atoms with Crippen molar-refractivity contribution in [2.75, 3.05) is 0 Å². The molecule has 0 fully saturated rings. The highest BCUT2D eigenvalue weighted by Crippen LogP contribution is 2.40. The number of unbranched alkanes of at least 4 members (excludes halogenated alkanes) is 2. The maximum atomic E-state index is 9.53. The predicted octanol–water partition coefficient (Wildman–Crippen LogP) is 4.36. The van der Waals surface area contributed by atoms with Crippen LogP contribution in [0.15, 0.2) is 15.0 Å². The van der Waals surface area contributed by atoms with E-state index in [9.17, 15) is 10.2 Å². The Morgan fingerprint density at radius 2 is 1.60 bits per heavy atom. The van der Waals surface area contributed by atoms with Crippen molar-refractivity contribution in [1.82, 2.24) is 0 Å². The minimum atomic E-state index is 0.0854. The van der Waals surface area contributed by atoms with Gasteiger partial charge in [-0.05, 0) is 50.3 Å². The van der Waals surface area contributed by atoms with E-state index >= 15 is 0 Å². The van der Waals surface area contributed by atoms with Crippen LogP contribution in [0, 0.1) is 0 Å². The van der Waals surface area contributed by atoms with Crippen LogP contribution in [-0.2, 0) is 6.42 Å². The van der Waals surface area contributed by atoms with Crippen LogP contribution in [0.5, 0.6) is 11.5 Å². The van der Waals surface area contributed by atoms with E-state index < -0.39 is 0 Å². The molecule has 0 spiro atoms. The maximum Gasteiger partial charge on any atom is 0.133 e. The summed E-state index contributed by atoms with van der Waals surface area (Å²) in [5.41, 5.74) is 0.931. The smallest absolute Gasteiger partial charge is 0.133 e. The molecule has 0 aliphatic heterocycles. The van der Waals surface area contributed by atoms with Gasteiger partial charge in [-0.1, -0.05) is 19.8 Å². The van der Waals surface area contributed by atoms with Gasteiger partial charge in [-0.25, -0.2) is 0 Å². The summed E-state index contributed by atoms with van der Waals surface area (Å²) in [4.78, 5) is 0. The molecule has 0 aliphatic carbocycles. The van der Waals surface area contributed by atoms with Crippen molar-refractivity contribution in [2.45, 2.75) is 32.6 Å². The van der Waals surface area contributed by atoms with E-state index in [0.29, 0.717) is 8.95 Å². The van der Waals surface area contributed by atoms with E-state index in [0.717, 1.165) is 31.2 Å². The van der Waals surface area contributed by atoms with E-state index in [1.165, 1.54) is 6.07 Å². The first-order chi connectivity index (χ1) is 7.07. The lowest BCUT2D eigenvalue weighted by Gasteiger charge is -2.10. The first-order valence-electron chi connectivity index (χ1n) is 4.96. The van der Waals surface area contributed by atoms with Crippen LogP contribution < -0.4 is 0 Å². The fraction of sp³-hybridized carbons (Fsp3) is 0.455. The zero-order chi connectivity index (χ0) is 11.4. The molecule has 0 radical (unpaired) electrons. The van der Waals surface area contributed by atoms with Crippen LogP contribution in [-0.4, -0.2) is 10.2 Å². The number of phenols is 2. The number of benzene rings is 1. The molecule has 0 atom stereocenters. The third-order valence-corrected chi connectivity index (χ3v) is 4.05. The molecule has 0 heterocycles. The molecule has 1 aromatic rings. The minimum Gasteiger partial charge on any atom is -0.507 e. The highest BCUT2D eigenvalue weighted by Gasteiger charge is 2.13. The van der Waals surface area contributed by atoms with Gasteiger partial charge in [0, 0.05) is 6.07 Å². The second-order valence-electron chi connectivity index (χ2n) is 3.48. The molecule has 0 aliphatic rings. The molecular weight excluding hydrogens is 324 g/mol. The number of hydrogen-bond acceptors (Lipinski definition) is 2. The number of halogens is 2. The van der Waals surface area contributed by atoms with Crippen LogP contribution in [0.4, 0.5) is 0 Å². The van der Waals surface area contributed by atoms with Crippen molar-refractivity contribution in [2.24, 2.45) is 0 Å². The summed E-state index contributed by atoms with van der Waals surface area (Å²) < 4.78 is 1.34. The summed E-state index contributed by atoms with van der Waals surface area (Å²) in [5.74, 6) is 0.171. The number of aromatic hydroxyl groups is 2. The normalized spacial score (nSPS) is 10.6. The lowest BCUT2D eigenvalue weighted by Crippen LogP contribution is -1.90. The van der Waals surface area contributed by atoms with Crippen LogP contribution in [0.1, 0.15) is 31.7 Å². The first-order valence-corrected chi connectivity index (χ1v) is 6.55. The molecule has 4 heteroatoms. The van der Waals surface area contributed by atoms with E-state index in [2.05, 4.69) is 38.8 Å². The average molecular weight is 338 g/mol. The average Bonchev–Trinajstić information content (AvgIpc) is 2.20. The SMILES string of the molecule is CCCCCc1c(Br)c(O)cc(O)c1Br. The second-order valence-corrected chi connectivity index (χ2v) is 5.06. The van der Waals surface area contributed by atoms with Gasteiger partial charge in [-0.2, -0.15) is 0 Å². The molecule has 0 amide bonds. The van der Waals surface area contributed by atoms with Gasteiger partial charge in [0.15, 0.2) is 0 Å². The van der Waals surface area contributed by atoms with Gasteiger partial charge in [0.2, 0.25) is 0 Å². The molecule has 0 bridgehead atoms. The zero-order valence-electron chi connectivity index (χ0n) is 8.56. The Bertz CT molecular complexity index is 325. The van der Waals surface area contributed by atoms with E-state index in [4.69, 9.17) is 0 Å². The van der Waals surface area contributed by atoms with Crippen molar-refractivity contribution in [3.63, 3.8) is 0 Å². The van der Waals surface area contributed by atoms with E-state index in [1.807, 2.05) is 0 Å². The quantitative estimate of drug-likeness (QED) is 0.801. The summed E-state index contributed by atoms with van der Waals surface area (Å²) in [5, 5.41) is 19.1. The Morgan fingerprint density at radius 1 is 1.07 bits per heavy atom. The minimum absolute atomic E-state index is 0.0854. The Kier molecular flexibility index (Phi) is 4.93. The van der Waals surface area contributed by atoms with Crippen LogP contribution in [0.2, 0.25) is 0 Å². The summed E-state index contributed by atoms with van der Waals surface area (Å²) in [6.45, 7) is 2.14. The third-order valence-electron chi connectivity index (χ3n) is 2.28. The highest BCUT2D eigenvalue weighted by atomic mass is 79.9. The lowest BCUT2D eigenvalue weighted by molar-refractivity contribution is 0.444.